The van der Waals surface area contributed by atoms with E-state index in [0.29, 0.717) is 5.69 Å². The third kappa shape index (κ3) is 2.70. The first-order valence-electron chi connectivity index (χ1n) is 7.72. The first-order chi connectivity index (χ1) is 10.3. The van der Waals surface area contributed by atoms with Crippen molar-refractivity contribution in [2.24, 2.45) is 5.92 Å². The third-order valence-electron chi connectivity index (χ3n) is 4.71. The van der Waals surface area contributed by atoms with Gasteiger partial charge in [-0.05, 0) is 48.9 Å². The van der Waals surface area contributed by atoms with Crippen LogP contribution in [0, 0.1) is 26.7 Å². The number of hydrogen-bond donors (Lipinski definition) is 1. The van der Waals surface area contributed by atoms with E-state index in [1.807, 2.05) is 26.8 Å². The first-order valence-corrected chi connectivity index (χ1v) is 7.72. The van der Waals surface area contributed by atoms with Crippen molar-refractivity contribution in [2.45, 2.75) is 52.9 Å². The van der Waals surface area contributed by atoms with Gasteiger partial charge >= 0.3 is 0 Å². The number of nitrogens with two attached hydrogens (primary N) is 1. The number of nitrogen functional groups attached to an aromatic ring is 1. The third-order valence-corrected chi connectivity index (χ3v) is 4.71. The molecule has 2 rings (SSSR count). The molecule has 1 aromatic carbocycles. The Morgan fingerprint density at radius 1 is 1.14 bits per heavy atom. The molecule has 0 aliphatic heterocycles. The van der Waals surface area contributed by atoms with Gasteiger partial charge in [-0.25, -0.2) is 0 Å². The molecule has 0 heterocycles. The van der Waals surface area contributed by atoms with Crippen LogP contribution in [0.25, 0.3) is 0 Å². The number of benzene rings is 1. The fraction of sp³-hybridized carbons (Fsp3) is 0.500. The Kier molecular flexibility index (Phi) is 4.50. The normalized spacial score (nSPS) is 22.0. The topological polar surface area (TPSA) is 77.2 Å². The van der Waals surface area contributed by atoms with Crippen molar-refractivity contribution in [1.29, 1.82) is 0 Å². The first kappa shape index (κ1) is 16.4. The van der Waals surface area contributed by atoms with E-state index in [4.69, 9.17) is 5.73 Å². The van der Waals surface area contributed by atoms with Crippen LogP contribution in [0.15, 0.2) is 6.07 Å². The van der Waals surface area contributed by atoms with Gasteiger partial charge in [0, 0.05) is 24.9 Å². The molecule has 1 aliphatic rings. The van der Waals surface area contributed by atoms with Crippen molar-refractivity contribution in [3.63, 3.8) is 0 Å². The van der Waals surface area contributed by atoms with Crippen molar-refractivity contribution in [3.05, 3.63) is 28.3 Å². The zero-order valence-electron chi connectivity index (χ0n) is 13.7. The van der Waals surface area contributed by atoms with Crippen LogP contribution in [0.1, 0.15) is 54.4 Å². The van der Waals surface area contributed by atoms with Crippen molar-refractivity contribution in [2.75, 3.05) is 5.73 Å². The molecule has 0 saturated heterocycles. The average Bonchev–Trinajstić information content (AvgIpc) is 2.44. The van der Waals surface area contributed by atoms with E-state index in [2.05, 4.69) is 0 Å². The van der Waals surface area contributed by atoms with Crippen LogP contribution < -0.4 is 5.73 Å². The second-order valence-corrected chi connectivity index (χ2v) is 6.25. The van der Waals surface area contributed by atoms with E-state index < -0.39 is 5.92 Å². The maximum atomic E-state index is 12.3. The molecular weight excluding hydrogens is 278 g/mol. The van der Waals surface area contributed by atoms with Gasteiger partial charge in [0.2, 0.25) is 0 Å². The van der Waals surface area contributed by atoms with Gasteiger partial charge in [-0.15, -0.1) is 0 Å². The lowest BCUT2D eigenvalue weighted by Gasteiger charge is -2.28. The maximum absolute atomic E-state index is 12.3. The van der Waals surface area contributed by atoms with Crippen molar-refractivity contribution >= 4 is 23.0 Å². The number of carbonyl (C=O) groups excluding carboxylic acids is 3. The average molecular weight is 301 g/mol. The number of anilines is 1. The molecule has 4 heteroatoms. The summed E-state index contributed by atoms with van der Waals surface area (Å²) in [4.78, 5) is 36.4. The Morgan fingerprint density at radius 3 is 2.18 bits per heavy atom. The summed E-state index contributed by atoms with van der Waals surface area (Å²) in [7, 11) is 0. The van der Waals surface area contributed by atoms with Crippen molar-refractivity contribution in [3.8, 4) is 0 Å². The summed E-state index contributed by atoms with van der Waals surface area (Å²) in [6.07, 6.45) is 0.709. The van der Waals surface area contributed by atoms with Crippen molar-refractivity contribution < 1.29 is 14.4 Å². The fourth-order valence-corrected chi connectivity index (χ4v) is 3.59. The monoisotopic (exact) mass is 301 g/mol. The maximum Gasteiger partial charge on any atom is 0.151 e. The summed E-state index contributed by atoms with van der Waals surface area (Å²) in [5.41, 5.74) is 10.8. The molecule has 1 fully saturated rings. The molecule has 0 aromatic heterocycles. The Labute approximate surface area is 131 Å². The number of Topliss-reactive ketones (excluding diaryl/α,β-unsaturated/α-hetero) is 3. The van der Waals surface area contributed by atoms with Gasteiger partial charge in [-0.3, -0.25) is 14.4 Å². The van der Waals surface area contributed by atoms with E-state index in [1.165, 1.54) is 0 Å². The minimum Gasteiger partial charge on any atom is -0.398 e. The zero-order chi connectivity index (χ0) is 16.6. The van der Waals surface area contributed by atoms with E-state index in [0.717, 1.165) is 22.3 Å². The molecule has 0 bridgehead atoms. The Morgan fingerprint density at radius 2 is 1.68 bits per heavy atom. The molecule has 4 nitrogen and oxygen atoms in total. The van der Waals surface area contributed by atoms with Crippen LogP contribution in [-0.2, 0) is 14.4 Å². The van der Waals surface area contributed by atoms with Crippen LogP contribution in [0.5, 0.6) is 0 Å². The van der Waals surface area contributed by atoms with Gasteiger partial charge in [0.1, 0.15) is 5.92 Å². The lowest BCUT2D eigenvalue weighted by molar-refractivity contribution is -0.142. The van der Waals surface area contributed by atoms with Crippen LogP contribution in [-0.4, -0.2) is 17.3 Å². The van der Waals surface area contributed by atoms with Crippen LogP contribution in [0.3, 0.4) is 0 Å². The highest BCUT2D eigenvalue weighted by atomic mass is 16.2. The Hall–Kier alpha value is -1.97. The lowest BCUT2D eigenvalue weighted by atomic mass is 9.73. The molecule has 1 saturated carbocycles. The molecule has 118 valence electrons. The molecule has 1 aromatic rings. The summed E-state index contributed by atoms with van der Waals surface area (Å²) in [6.45, 7) is 7.55. The summed E-state index contributed by atoms with van der Waals surface area (Å²) < 4.78 is 0. The lowest BCUT2D eigenvalue weighted by Crippen LogP contribution is -2.38. The molecule has 1 aliphatic carbocycles. The predicted octanol–water partition coefficient (Wildman–Crippen LogP) is 2.80. The van der Waals surface area contributed by atoms with Gasteiger partial charge in [0.15, 0.2) is 17.3 Å². The van der Waals surface area contributed by atoms with Crippen molar-refractivity contribution in [1.82, 2.24) is 0 Å². The predicted molar refractivity (Wildman–Crippen MR) is 85.8 cm³/mol. The summed E-state index contributed by atoms with van der Waals surface area (Å²) in [5.74, 6) is -1.95. The standard InChI is InChI=1S/C18H23NO3/c1-5-13(20)17-14(21)7-12(8-15(17)22)16-9(2)6-10(3)18(19)11(16)4/h6,12,17H,5,7-8,19H2,1-4H3. The van der Waals surface area contributed by atoms with E-state index >= 15 is 0 Å². The molecule has 0 unspecified atom stereocenters. The molecule has 0 amide bonds. The quantitative estimate of drug-likeness (QED) is 0.688. The minimum absolute atomic E-state index is 0.163. The fourth-order valence-electron chi connectivity index (χ4n) is 3.59. The minimum atomic E-state index is -1.04. The molecule has 2 N–H and O–H groups in total. The summed E-state index contributed by atoms with van der Waals surface area (Å²) in [5, 5.41) is 0. The van der Waals surface area contributed by atoms with Gasteiger partial charge in [-0.1, -0.05) is 13.0 Å². The van der Waals surface area contributed by atoms with Crippen LogP contribution in [0.4, 0.5) is 5.69 Å². The van der Waals surface area contributed by atoms with E-state index in [1.54, 1.807) is 6.92 Å². The SMILES string of the molecule is CCC(=O)C1C(=O)CC(c2c(C)cc(C)c(N)c2C)CC1=O. The van der Waals surface area contributed by atoms with Gasteiger partial charge in [0.05, 0.1) is 0 Å². The van der Waals surface area contributed by atoms with Gasteiger partial charge in [-0.2, -0.15) is 0 Å². The Balaban J connectivity index is 2.38. The smallest absolute Gasteiger partial charge is 0.151 e. The highest BCUT2D eigenvalue weighted by Crippen LogP contribution is 2.38. The van der Waals surface area contributed by atoms with E-state index in [9.17, 15) is 14.4 Å². The number of rotatable bonds is 3. The summed E-state index contributed by atoms with van der Waals surface area (Å²) in [6, 6.07) is 2.00. The van der Waals surface area contributed by atoms with Crippen LogP contribution in [0.2, 0.25) is 0 Å². The molecule has 0 spiro atoms. The molecular formula is C18H23NO3. The second-order valence-electron chi connectivity index (χ2n) is 6.25. The molecule has 22 heavy (non-hydrogen) atoms. The number of hydrogen-bond acceptors (Lipinski definition) is 4. The summed E-state index contributed by atoms with van der Waals surface area (Å²) >= 11 is 0. The number of aryl methyl sites for hydroxylation is 2. The zero-order valence-corrected chi connectivity index (χ0v) is 13.7. The molecule has 0 radical (unpaired) electrons. The second kappa shape index (κ2) is 6.03. The Bertz CT molecular complexity index is 643. The number of ketones is 3. The number of carbonyl (C=O) groups is 3. The van der Waals surface area contributed by atoms with E-state index in [-0.39, 0.29) is 42.5 Å². The van der Waals surface area contributed by atoms with Gasteiger partial charge < -0.3 is 5.73 Å². The highest BCUT2D eigenvalue weighted by Gasteiger charge is 2.40. The largest absolute Gasteiger partial charge is 0.398 e. The van der Waals surface area contributed by atoms with Gasteiger partial charge in [0.25, 0.3) is 0 Å². The highest BCUT2D eigenvalue weighted by molar-refractivity contribution is 6.20. The van der Waals surface area contributed by atoms with Crippen LogP contribution >= 0.6 is 0 Å². The molecule has 0 atom stereocenters.